The maximum atomic E-state index is 5.40. The van der Waals surface area contributed by atoms with Crippen molar-refractivity contribution in [3.05, 3.63) is 24.1 Å². The van der Waals surface area contributed by atoms with Gasteiger partial charge in [-0.25, -0.2) is 4.98 Å². The van der Waals surface area contributed by atoms with Crippen molar-refractivity contribution < 1.29 is 9.15 Å². The minimum absolute atomic E-state index is 0.558. The number of aromatic nitrogens is 1. The van der Waals surface area contributed by atoms with Gasteiger partial charge in [0.05, 0.1) is 0 Å². The topological polar surface area (TPSA) is 38.5 Å². The SMILES string of the molecule is COCN(C)c1ccc2oc(C)nc2c1. The van der Waals surface area contributed by atoms with E-state index in [-0.39, 0.29) is 0 Å². The average Bonchev–Trinajstić information content (AvgIpc) is 2.57. The normalized spacial score (nSPS) is 10.9. The van der Waals surface area contributed by atoms with Crippen molar-refractivity contribution in [1.82, 2.24) is 4.98 Å². The summed E-state index contributed by atoms with van der Waals surface area (Å²) in [6.45, 7) is 2.40. The highest BCUT2D eigenvalue weighted by molar-refractivity contribution is 5.77. The van der Waals surface area contributed by atoms with Crippen LogP contribution in [-0.4, -0.2) is 25.9 Å². The maximum Gasteiger partial charge on any atom is 0.192 e. The molecule has 0 bridgehead atoms. The van der Waals surface area contributed by atoms with E-state index in [0.717, 1.165) is 16.8 Å². The van der Waals surface area contributed by atoms with E-state index in [1.54, 1.807) is 7.11 Å². The van der Waals surface area contributed by atoms with E-state index < -0.39 is 0 Å². The van der Waals surface area contributed by atoms with Crippen LogP contribution in [0.4, 0.5) is 5.69 Å². The monoisotopic (exact) mass is 206 g/mol. The second-order valence-electron chi connectivity index (χ2n) is 3.50. The van der Waals surface area contributed by atoms with Gasteiger partial charge < -0.3 is 14.1 Å². The Balaban J connectivity index is 2.37. The van der Waals surface area contributed by atoms with Crippen LogP contribution in [0.3, 0.4) is 0 Å². The molecule has 2 aromatic rings. The van der Waals surface area contributed by atoms with Gasteiger partial charge in [0.25, 0.3) is 0 Å². The first-order valence-corrected chi connectivity index (χ1v) is 4.78. The third kappa shape index (κ3) is 1.94. The summed E-state index contributed by atoms with van der Waals surface area (Å²) in [6.07, 6.45) is 0. The number of methoxy groups -OCH3 is 1. The quantitative estimate of drug-likeness (QED) is 0.721. The zero-order valence-electron chi connectivity index (χ0n) is 9.15. The Bertz CT molecular complexity index is 465. The van der Waals surface area contributed by atoms with E-state index in [9.17, 15) is 0 Å². The highest BCUT2D eigenvalue weighted by Gasteiger charge is 2.05. The summed E-state index contributed by atoms with van der Waals surface area (Å²) in [4.78, 5) is 6.29. The van der Waals surface area contributed by atoms with Gasteiger partial charge in [0.15, 0.2) is 11.5 Å². The van der Waals surface area contributed by atoms with Gasteiger partial charge >= 0.3 is 0 Å². The number of fused-ring (bicyclic) bond motifs is 1. The maximum absolute atomic E-state index is 5.40. The predicted molar refractivity (Wildman–Crippen MR) is 59.0 cm³/mol. The molecule has 0 aliphatic carbocycles. The van der Waals surface area contributed by atoms with Crippen molar-refractivity contribution in [2.45, 2.75) is 6.92 Å². The number of anilines is 1. The fourth-order valence-corrected chi connectivity index (χ4v) is 1.54. The number of benzene rings is 1. The molecule has 0 N–H and O–H groups in total. The standard InChI is InChI=1S/C11H14N2O2/c1-8-12-10-6-9(13(2)7-14-3)4-5-11(10)15-8/h4-6H,7H2,1-3H3. The van der Waals surface area contributed by atoms with Crippen LogP contribution in [0.15, 0.2) is 22.6 Å². The third-order valence-corrected chi connectivity index (χ3v) is 2.24. The lowest BCUT2D eigenvalue weighted by Gasteiger charge is -2.17. The lowest BCUT2D eigenvalue weighted by Crippen LogP contribution is -2.19. The minimum atomic E-state index is 0.558. The van der Waals surface area contributed by atoms with E-state index in [1.807, 2.05) is 37.1 Å². The van der Waals surface area contributed by atoms with Crippen LogP contribution in [-0.2, 0) is 4.74 Å². The van der Waals surface area contributed by atoms with Gasteiger partial charge in [-0.3, -0.25) is 0 Å². The van der Waals surface area contributed by atoms with Crippen LogP contribution in [0.1, 0.15) is 5.89 Å². The molecule has 1 heterocycles. The first kappa shape index (κ1) is 9.98. The number of hydrogen-bond acceptors (Lipinski definition) is 4. The van der Waals surface area contributed by atoms with Crippen molar-refractivity contribution in [2.24, 2.45) is 0 Å². The summed E-state index contributed by atoms with van der Waals surface area (Å²) < 4.78 is 10.5. The zero-order chi connectivity index (χ0) is 10.8. The molecule has 15 heavy (non-hydrogen) atoms. The molecule has 0 aliphatic heterocycles. The highest BCUT2D eigenvalue weighted by atomic mass is 16.5. The van der Waals surface area contributed by atoms with E-state index in [4.69, 9.17) is 9.15 Å². The number of rotatable bonds is 3. The van der Waals surface area contributed by atoms with Crippen LogP contribution in [0.2, 0.25) is 0 Å². The Morgan fingerprint density at radius 2 is 2.27 bits per heavy atom. The van der Waals surface area contributed by atoms with Gasteiger partial charge in [0, 0.05) is 26.8 Å². The molecule has 0 saturated carbocycles. The molecular formula is C11H14N2O2. The molecule has 2 rings (SSSR count). The molecule has 0 spiro atoms. The lowest BCUT2D eigenvalue weighted by atomic mass is 10.3. The molecule has 0 saturated heterocycles. The zero-order valence-corrected chi connectivity index (χ0v) is 9.15. The van der Waals surface area contributed by atoms with Crippen molar-refractivity contribution >= 4 is 16.8 Å². The van der Waals surface area contributed by atoms with Crippen LogP contribution >= 0.6 is 0 Å². The van der Waals surface area contributed by atoms with Gasteiger partial charge in [-0.1, -0.05) is 0 Å². The van der Waals surface area contributed by atoms with Crippen molar-refractivity contribution in [3.63, 3.8) is 0 Å². The van der Waals surface area contributed by atoms with Crippen LogP contribution in [0.5, 0.6) is 0 Å². The summed E-state index contributed by atoms with van der Waals surface area (Å²) >= 11 is 0. The minimum Gasteiger partial charge on any atom is -0.441 e. The fourth-order valence-electron chi connectivity index (χ4n) is 1.54. The summed E-state index contributed by atoms with van der Waals surface area (Å²) in [6, 6.07) is 5.91. The average molecular weight is 206 g/mol. The fraction of sp³-hybridized carbons (Fsp3) is 0.364. The summed E-state index contributed by atoms with van der Waals surface area (Å²) in [7, 11) is 3.65. The predicted octanol–water partition coefficient (Wildman–Crippen LogP) is 2.18. The molecule has 0 radical (unpaired) electrons. The Morgan fingerprint density at radius 1 is 1.47 bits per heavy atom. The number of ether oxygens (including phenoxy) is 1. The third-order valence-electron chi connectivity index (χ3n) is 2.24. The molecule has 1 aromatic heterocycles. The Hall–Kier alpha value is -1.55. The highest BCUT2D eigenvalue weighted by Crippen LogP contribution is 2.21. The van der Waals surface area contributed by atoms with Crippen LogP contribution in [0.25, 0.3) is 11.1 Å². The van der Waals surface area contributed by atoms with Gasteiger partial charge in [-0.05, 0) is 18.2 Å². The van der Waals surface area contributed by atoms with Crippen LogP contribution in [0, 0.1) is 6.92 Å². The van der Waals surface area contributed by atoms with E-state index in [2.05, 4.69) is 4.98 Å². The smallest absolute Gasteiger partial charge is 0.192 e. The molecule has 4 nitrogen and oxygen atoms in total. The Kier molecular flexibility index (Phi) is 2.60. The van der Waals surface area contributed by atoms with Crippen molar-refractivity contribution in [1.29, 1.82) is 0 Å². The Morgan fingerprint density at radius 3 is 3.00 bits per heavy atom. The molecule has 4 heteroatoms. The molecule has 80 valence electrons. The van der Waals surface area contributed by atoms with Crippen molar-refractivity contribution in [2.75, 3.05) is 25.8 Å². The second kappa shape index (κ2) is 3.90. The molecule has 1 aromatic carbocycles. The van der Waals surface area contributed by atoms with Gasteiger partial charge in [-0.15, -0.1) is 0 Å². The second-order valence-corrected chi connectivity index (χ2v) is 3.50. The van der Waals surface area contributed by atoms with E-state index in [0.29, 0.717) is 12.6 Å². The molecule has 0 aliphatic rings. The molecular weight excluding hydrogens is 192 g/mol. The first-order chi connectivity index (χ1) is 7.20. The number of aryl methyl sites for hydroxylation is 1. The van der Waals surface area contributed by atoms with Crippen molar-refractivity contribution in [3.8, 4) is 0 Å². The van der Waals surface area contributed by atoms with Gasteiger partial charge in [0.1, 0.15) is 12.2 Å². The summed E-state index contributed by atoms with van der Waals surface area (Å²) in [5.41, 5.74) is 2.77. The van der Waals surface area contributed by atoms with E-state index in [1.165, 1.54) is 0 Å². The number of nitrogens with zero attached hydrogens (tertiary/aromatic N) is 2. The van der Waals surface area contributed by atoms with Crippen LogP contribution < -0.4 is 4.90 Å². The number of oxazole rings is 1. The molecule has 0 fully saturated rings. The largest absolute Gasteiger partial charge is 0.441 e. The molecule has 0 atom stereocenters. The summed E-state index contributed by atoms with van der Waals surface area (Å²) in [5.74, 6) is 0.691. The van der Waals surface area contributed by atoms with E-state index >= 15 is 0 Å². The number of hydrogen-bond donors (Lipinski definition) is 0. The van der Waals surface area contributed by atoms with Gasteiger partial charge in [-0.2, -0.15) is 0 Å². The summed E-state index contributed by atoms with van der Waals surface area (Å²) in [5, 5.41) is 0. The molecule has 0 unspecified atom stereocenters. The molecule has 0 amide bonds. The first-order valence-electron chi connectivity index (χ1n) is 4.78. The lowest BCUT2D eigenvalue weighted by molar-refractivity contribution is 0.202. The van der Waals surface area contributed by atoms with Gasteiger partial charge in [0.2, 0.25) is 0 Å². The Labute approximate surface area is 88.5 Å².